The van der Waals surface area contributed by atoms with Gasteiger partial charge >= 0.3 is 12.0 Å². The van der Waals surface area contributed by atoms with Gasteiger partial charge in [0.1, 0.15) is 0 Å². The topological polar surface area (TPSA) is 83.6 Å². The highest BCUT2D eigenvalue weighted by molar-refractivity contribution is 5.72. The minimum absolute atomic E-state index is 0.201. The Kier molecular flexibility index (Phi) is 12.9. The molecule has 3 N–H and O–H groups in total. The van der Waals surface area contributed by atoms with E-state index in [2.05, 4.69) is 13.8 Å². The maximum absolute atomic E-state index is 10.7. The number of nitrogens with zero attached hydrogens (tertiary/aromatic N) is 1. The first kappa shape index (κ1) is 19.1. The molecule has 1 fully saturated rings. The van der Waals surface area contributed by atoms with Gasteiger partial charge in [0.2, 0.25) is 0 Å². The molecular formula is C13H28N2O3. The molecule has 0 aromatic rings. The molecule has 2 amide bonds. The second kappa shape index (κ2) is 12.2. The van der Waals surface area contributed by atoms with Crippen molar-refractivity contribution in [3.8, 4) is 0 Å². The highest BCUT2D eigenvalue weighted by Crippen LogP contribution is 2.19. The van der Waals surface area contributed by atoms with E-state index in [0.717, 1.165) is 12.8 Å². The minimum Gasteiger partial charge on any atom is -0.481 e. The summed E-state index contributed by atoms with van der Waals surface area (Å²) in [6.07, 6.45) is 2.94. The third-order valence-corrected chi connectivity index (χ3v) is 2.39. The first-order chi connectivity index (χ1) is 8.51. The minimum atomic E-state index is -0.766. The maximum atomic E-state index is 10.7. The van der Waals surface area contributed by atoms with Crippen molar-refractivity contribution < 1.29 is 14.7 Å². The third-order valence-electron chi connectivity index (χ3n) is 2.39. The van der Waals surface area contributed by atoms with Gasteiger partial charge in [0.25, 0.3) is 0 Å². The average Bonchev–Trinajstić information content (AvgIpc) is 2.32. The van der Waals surface area contributed by atoms with Crippen LogP contribution in [0.25, 0.3) is 0 Å². The number of aliphatic carboxylic acids is 1. The fraction of sp³-hybridized carbons (Fsp3) is 0.846. The first-order valence-corrected chi connectivity index (χ1v) is 6.77. The van der Waals surface area contributed by atoms with Crippen LogP contribution in [0, 0.1) is 5.92 Å². The van der Waals surface area contributed by atoms with E-state index in [1.54, 1.807) is 4.90 Å². The molecule has 1 rings (SSSR count). The van der Waals surface area contributed by atoms with E-state index in [4.69, 9.17) is 10.8 Å². The highest BCUT2D eigenvalue weighted by Gasteiger charge is 2.22. The van der Waals surface area contributed by atoms with Gasteiger partial charge in [0, 0.05) is 19.5 Å². The number of hydrogen-bond donors (Lipinski definition) is 2. The van der Waals surface area contributed by atoms with Gasteiger partial charge in [-0.2, -0.15) is 0 Å². The van der Waals surface area contributed by atoms with Gasteiger partial charge in [0.15, 0.2) is 0 Å². The SMILES string of the molecule is CC.CCC.NC(=O)N1CCC(CC(=O)O)CC1. The van der Waals surface area contributed by atoms with Gasteiger partial charge in [-0.15, -0.1) is 0 Å². The quantitative estimate of drug-likeness (QED) is 0.800. The Balaban J connectivity index is 0. The van der Waals surface area contributed by atoms with E-state index in [-0.39, 0.29) is 12.3 Å². The van der Waals surface area contributed by atoms with Crippen LogP contribution < -0.4 is 5.73 Å². The van der Waals surface area contributed by atoms with Crippen LogP contribution in [0.4, 0.5) is 4.79 Å². The third kappa shape index (κ3) is 9.93. The Hall–Kier alpha value is -1.26. The summed E-state index contributed by atoms with van der Waals surface area (Å²) in [7, 11) is 0. The molecule has 0 aromatic heterocycles. The lowest BCUT2D eigenvalue weighted by Gasteiger charge is -2.29. The van der Waals surface area contributed by atoms with Gasteiger partial charge in [0.05, 0.1) is 0 Å². The molecule has 5 nitrogen and oxygen atoms in total. The van der Waals surface area contributed by atoms with Crippen molar-refractivity contribution in [3.63, 3.8) is 0 Å². The number of carbonyl (C=O) groups excluding carboxylic acids is 1. The predicted molar refractivity (Wildman–Crippen MR) is 73.4 cm³/mol. The van der Waals surface area contributed by atoms with Gasteiger partial charge < -0.3 is 15.7 Å². The Morgan fingerprint density at radius 1 is 1.22 bits per heavy atom. The standard InChI is InChI=1S/C8H14N2O3.C3H8.C2H6/c9-8(13)10-3-1-6(2-4-10)5-7(11)12;1-3-2;1-2/h6H,1-5H2,(H2,9,13)(H,11,12);3H2,1-2H3;1-2H3. The second-order valence-electron chi connectivity index (χ2n) is 4.07. The summed E-state index contributed by atoms with van der Waals surface area (Å²) in [5.74, 6) is -0.564. The van der Waals surface area contributed by atoms with Gasteiger partial charge in [-0.05, 0) is 18.8 Å². The second-order valence-corrected chi connectivity index (χ2v) is 4.07. The number of carbonyl (C=O) groups is 2. The van der Waals surface area contributed by atoms with Crippen LogP contribution in [0.1, 0.15) is 53.4 Å². The van der Waals surface area contributed by atoms with E-state index in [9.17, 15) is 9.59 Å². The zero-order valence-corrected chi connectivity index (χ0v) is 12.1. The maximum Gasteiger partial charge on any atom is 0.314 e. The van der Waals surface area contributed by atoms with E-state index in [1.165, 1.54) is 6.42 Å². The molecule has 0 atom stereocenters. The molecule has 0 radical (unpaired) electrons. The van der Waals surface area contributed by atoms with E-state index < -0.39 is 12.0 Å². The summed E-state index contributed by atoms with van der Waals surface area (Å²) >= 11 is 0. The molecule has 18 heavy (non-hydrogen) atoms. The van der Waals surface area contributed by atoms with Crippen LogP contribution in [0.2, 0.25) is 0 Å². The molecule has 0 saturated carbocycles. The summed E-state index contributed by atoms with van der Waals surface area (Å²) in [4.78, 5) is 22.6. The Morgan fingerprint density at radius 3 is 1.89 bits per heavy atom. The zero-order chi connectivity index (χ0) is 14.6. The van der Waals surface area contributed by atoms with Gasteiger partial charge in [-0.25, -0.2) is 4.79 Å². The smallest absolute Gasteiger partial charge is 0.314 e. The van der Waals surface area contributed by atoms with E-state index in [1.807, 2.05) is 13.8 Å². The molecule has 1 aliphatic rings. The molecule has 1 aliphatic heterocycles. The monoisotopic (exact) mass is 260 g/mol. The van der Waals surface area contributed by atoms with Crippen molar-refractivity contribution in [1.29, 1.82) is 0 Å². The van der Waals surface area contributed by atoms with Gasteiger partial charge in [-0.1, -0.05) is 34.1 Å². The largest absolute Gasteiger partial charge is 0.481 e. The van der Waals surface area contributed by atoms with Crippen LogP contribution in [-0.4, -0.2) is 35.1 Å². The molecule has 5 heteroatoms. The number of nitrogens with two attached hydrogens (primary N) is 1. The average molecular weight is 260 g/mol. The number of primary amides is 1. The Morgan fingerprint density at radius 2 is 1.61 bits per heavy atom. The molecule has 108 valence electrons. The Labute approximate surface area is 110 Å². The summed E-state index contributed by atoms with van der Waals surface area (Å²) in [6, 6.07) is -0.409. The van der Waals surface area contributed by atoms with Gasteiger partial charge in [-0.3, -0.25) is 4.79 Å². The van der Waals surface area contributed by atoms with Crippen molar-refractivity contribution >= 4 is 12.0 Å². The Bertz CT molecular complexity index is 224. The molecule has 0 aliphatic carbocycles. The summed E-state index contributed by atoms with van der Waals surface area (Å²) < 4.78 is 0. The molecule has 0 unspecified atom stereocenters. The molecule has 1 saturated heterocycles. The predicted octanol–water partition coefficient (Wildman–Crippen LogP) is 2.69. The van der Waals surface area contributed by atoms with Crippen molar-refractivity contribution in [2.75, 3.05) is 13.1 Å². The zero-order valence-electron chi connectivity index (χ0n) is 12.1. The molecule has 0 bridgehead atoms. The van der Waals surface area contributed by atoms with E-state index in [0.29, 0.717) is 13.1 Å². The van der Waals surface area contributed by atoms with Crippen LogP contribution in [0.3, 0.4) is 0 Å². The summed E-state index contributed by atoms with van der Waals surface area (Å²) in [6.45, 7) is 9.43. The number of likely N-dealkylation sites (tertiary alicyclic amines) is 1. The number of carboxylic acids is 1. The van der Waals surface area contributed by atoms with Crippen LogP contribution in [-0.2, 0) is 4.79 Å². The van der Waals surface area contributed by atoms with Crippen molar-refractivity contribution in [2.45, 2.75) is 53.4 Å². The highest BCUT2D eigenvalue weighted by atomic mass is 16.4. The van der Waals surface area contributed by atoms with Crippen molar-refractivity contribution in [1.82, 2.24) is 4.90 Å². The number of carboxylic acid groups (broad SMARTS) is 1. The molecule has 1 heterocycles. The van der Waals surface area contributed by atoms with Crippen LogP contribution >= 0.6 is 0 Å². The van der Waals surface area contributed by atoms with Crippen molar-refractivity contribution in [2.24, 2.45) is 11.7 Å². The lowest BCUT2D eigenvalue weighted by atomic mass is 9.94. The van der Waals surface area contributed by atoms with Crippen LogP contribution in [0.5, 0.6) is 0 Å². The van der Waals surface area contributed by atoms with Crippen LogP contribution in [0.15, 0.2) is 0 Å². The number of rotatable bonds is 2. The number of amides is 2. The number of urea groups is 1. The fourth-order valence-electron chi connectivity index (χ4n) is 1.60. The lowest BCUT2D eigenvalue weighted by Crippen LogP contribution is -2.41. The molecular weight excluding hydrogens is 232 g/mol. The lowest BCUT2D eigenvalue weighted by molar-refractivity contribution is -0.138. The normalized spacial score (nSPS) is 14.8. The number of hydrogen-bond acceptors (Lipinski definition) is 2. The summed E-state index contributed by atoms with van der Waals surface area (Å²) in [5.41, 5.74) is 5.08. The molecule has 0 spiro atoms. The van der Waals surface area contributed by atoms with E-state index >= 15 is 0 Å². The fourth-order valence-corrected chi connectivity index (χ4v) is 1.60. The summed E-state index contributed by atoms with van der Waals surface area (Å²) in [5, 5.41) is 8.54. The van der Waals surface area contributed by atoms with Crippen molar-refractivity contribution in [3.05, 3.63) is 0 Å². The molecule has 0 aromatic carbocycles. The number of piperidine rings is 1. The first-order valence-electron chi connectivity index (χ1n) is 6.77.